The fraction of sp³-hybridized carbons (Fsp3) is 1.00. The molecule has 78 valence electrons. The minimum Gasteiger partial charge on any atom is -0.314 e. The minimum atomic E-state index is -3.25. The van der Waals surface area contributed by atoms with E-state index in [1.54, 1.807) is 0 Å². The summed E-state index contributed by atoms with van der Waals surface area (Å²) in [5, 5.41) is 3.33. The molecule has 13 heavy (non-hydrogen) atoms. The molecule has 1 aliphatic heterocycles. The van der Waals surface area contributed by atoms with Crippen LogP contribution in [0.4, 0.5) is 0 Å². The Balaban J connectivity index is 2.11. The van der Waals surface area contributed by atoms with E-state index in [9.17, 15) is 8.42 Å². The van der Waals surface area contributed by atoms with Crippen LogP contribution in [0, 0.1) is 0 Å². The Bertz CT molecular complexity index is 232. The highest BCUT2D eigenvalue weighted by Gasteiger charge is 2.12. The van der Waals surface area contributed by atoms with Crippen LogP contribution in [0.5, 0.6) is 0 Å². The van der Waals surface area contributed by atoms with Gasteiger partial charge in [-0.1, -0.05) is 6.42 Å². The normalized spacial score (nSPS) is 24.5. The molecule has 1 atom stereocenters. The van der Waals surface area contributed by atoms with Gasteiger partial charge in [0.2, 0.25) is 0 Å². The molecule has 0 bridgehead atoms. The summed E-state index contributed by atoms with van der Waals surface area (Å²) in [7, 11) is -3.25. The second kappa shape index (κ2) is 4.93. The van der Waals surface area contributed by atoms with Crippen LogP contribution >= 0.6 is 0 Å². The van der Waals surface area contributed by atoms with Gasteiger partial charge < -0.3 is 5.32 Å². The van der Waals surface area contributed by atoms with Gasteiger partial charge >= 0.3 is 0 Å². The summed E-state index contributed by atoms with van der Waals surface area (Å²) in [6, 6.07) is 0.440. The van der Waals surface area contributed by atoms with Gasteiger partial charge in [-0.3, -0.25) is 4.18 Å². The van der Waals surface area contributed by atoms with Gasteiger partial charge in [0.25, 0.3) is 10.1 Å². The molecule has 0 spiro atoms. The highest BCUT2D eigenvalue weighted by atomic mass is 32.2. The largest absolute Gasteiger partial charge is 0.314 e. The molecule has 1 heterocycles. The van der Waals surface area contributed by atoms with Gasteiger partial charge in [-0.15, -0.1) is 0 Å². The van der Waals surface area contributed by atoms with Crippen molar-refractivity contribution in [2.45, 2.75) is 31.7 Å². The Morgan fingerprint density at radius 1 is 1.46 bits per heavy atom. The maximum atomic E-state index is 10.6. The lowest BCUT2D eigenvalue weighted by molar-refractivity contribution is 0.274. The lowest BCUT2D eigenvalue weighted by Crippen LogP contribution is -2.34. The fourth-order valence-corrected chi connectivity index (χ4v) is 1.91. The van der Waals surface area contributed by atoms with Crippen molar-refractivity contribution in [3.63, 3.8) is 0 Å². The Morgan fingerprint density at radius 3 is 2.77 bits per heavy atom. The summed E-state index contributed by atoms with van der Waals surface area (Å²) in [5.74, 6) is 0. The standard InChI is InChI=1S/C8H17NO3S/c1-13(10,11)12-7-5-8-4-2-3-6-9-8/h8-9H,2-7H2,1H3. The van der Waals surface area contributed by atoms with Crippen molar-refractivity contribution < 1.29 is 12.6 Å². The summed E-state index contributed by atoms with van der Waals surface area (Å²) >= 11 is 0. The quantitative estimate of drug-likeness (QED) is 0.682. The third-order valence-electron chi connectivity index (χ3n) is 2.18. The summed E-state index contributed by atoms with van der Waals surface area (Å²) in [4.78, 5) is 0. The summed E-state index contributed by atoms with van der Waals surface area (Å²) in [6.45, 7) is 1.35. The molecule has 1 rings (SSSR count). The Kier molecular flexibility index (Phi) is 4.15. The van der Waals surface area contributed by atoms with Crippen LogP contribution in [-0.2, 0) is 14.3 Å². The van der Waals surface area contributed by atoms with Gasteiger partial charge in [0.05, 0.1) is 12.9 Å². The highest BCUT2D eigenvalue weighted by Crippen LogP contribution is 2.10. The number of nitrogens with one attached hydrogen (secondary N) is 1. The van der Waals surface area contributed by atoms with Crippen molar-refractivity contribution in [3.8, 4) is 0 Å². The van der Waals surface area contributed by atoms with E-state index < -0.39 is 10.1 Å². The summed E-state index contributed by atoms with van der Waals surface area (Å²) < 4.78 is 25.9. The zero-order chi connectivity index (χ0) is 9.73. The highest BCUT2D eigenvalue weighted by molar-refractivity contribution is 7.85. The van der Waals surface area contributed by atoms with Crippen LogP contribution in [-0.4, -0.2) is 33.9 Å². The molecule has 1 unspecified atom stereocenters. The number of hydrogen-bond acceptors (Lipinski definition) is 4. The smallest absolute Gasteiger partial charge is 0.264 e. The zero-order valence-corrected chi connectivity index (χ0v) is 8.77. The summed E-state index contributed by atoms with van der Waals surface area (Å²) in [5.41, 5.74) is 0. The maximum absolute atomic E-state index is 10.6. The second-order valence-electron chi connectivity index (χ2n) is 3.46. The fourth-order valence-electron chi connectivity index (χ4n) is 1.51. The molecule has 0 aliphatic carbocycles. The van der Waals surface area contributed by atoms with Crippen LogP contribution < -0.4 is 5.32 Å². The first-order chi connectivity index (χ1) is 6.08. The molecule has 0 saturated carbocycles. The molecule has 1 saturated heterocycles. The lowest BCUT2D eigenvalue weighted by atomic mass is 10.0. The number of piperidine rings is 1. The van der Waals surface area contributed by atoms with Gasteiger partial charge in [-0.05, 0) is 25.8 Å². The van der Waals surface area contributed by atoms with E-state index in [0.717, 1.165) is 25.6 Å². The molecule has 0 amide bonds. The number of hydrogen-bond donors (Lipinski definition) is 1. The van der Waals surface area contributed by atoms with Gasteiger partial charge in [0.1, 0.15) is 0 Å². The van der Waals surface area contributed by atoms with Crippen molar-refractivity contribution in [3.05, 3.63) is 0 Å². The van der Waals surface area contributed by atoms with Gasteiger partial charge in [-0.2, -0.15) is 8.42 Å². The van der Waals surface area contributed by atoms with Crippen molar-refractivity contribution >= 4 is 10.1 Å². The van der Waals surface area contributed by atoms with Crippen molar-refractivity contribution in [2.24, 2.45) is 0 Å². The van der Waals surface area contributed by atoms with Crippen LogP contribution in [0.1, 0.15) is 25.7 Å². The first-order valence-electron chi connectivity index (χ1n) is 4.66. The average Bonchev–Trinajstić information content (AvgIpc) is 2.04. The van der Waals surface area contributed by atoms with E-state index >= 15 is 0 Å². The van der Waals surface area contributed by atoms with Crippen LogP contribution in [0.15, 0.2) is 0 Å². The van der Waals surface area contributed by atoms with E-state index in [2.05, 4.69) is 9.50 Å². The van der Waals surface area contributed by atoms with Gasteiger partial charge in [0, 0.05) is 6.04 Å². The first kappa shape index (κ1) is 10.9. The minimum absolute atomic E-state index is 0.302. The maximum Gasteiger partial charge on any atom is 0.264 e. The molecule has 1 fully saturated rings. The van der Waals surface area contributed by atoms with E-state index in [-0.39, 0.29) is 0 Å². The molecule has 4 nitrogen and oxygen atoms in total. The second-order valence-corrected chi connectivity index (χ2v) is 5.11. The molecule has 0 aromatic rings. The van der Waals surface area contributed by atoms with Crippen molar-refractivity contribution in [1.82, 2.24) is 5.32 Å². The predicted molar refractivity (Wildman–Crippen MR) is 51.1 cm³/mol. The third-order valence-corrected chi connectivity index (χ3v) is 2.77. The van der Waals surface area contributed by atoms with Crippen LogP contribution in [0.25, 0.3) is 0 Å². The van der Waals surface area contributed by atoms with Crippen molar-refractivity contribution in [1.29, 1.82) is 0 Å². The van der Waals surface area contributed by atoms with Gasteiger partial charge in [0.15, 0.2) is 0 Å². The Morgan fingerprint density at radius 2 is 2.23 bits per heavy atom. The zero-order valence-electron chi connectivity index (χ0n) is 7.95. The molecule has 0 aromatic heterocycles. The van der Waals surface area contributed by atoms with E-state index in [4.69, 9.17) is 0 Å². The molecular formula is C8H17NO3S. The topological polar surface area (TPSA) is 55.4 Å². The van der Waals surface area contributed by atoms with Crippen molar-refractivity contribution in [2.75, 3.05) is 19.4 Å². The lowest BCUT2D eigenvalue weighted by Gasteiger charge is -2.22. The van der Waals surface area contributed by atoms with Crippen LogP contribution in [0.2, 0.25) is 0 Å². The molecule has 1 aliphatic rings. The molecule has 0 radical (unpaired) electrons. The number of rotatable bonds is 4. The SMILES string of the molecule is CS(=O)(=O)OCCC1CCCCN1. The first-order valence-corrected chi connectivity index (χ1v) is 6.47. The molecular weight excluding hydrogens is 190 g/mol. The summed E-state index contributed by atoms with van der Waals surface area (Å²) in [6.07, 6.45) is 5.46. The van der Waals surface area contributed by atoms with Gasteiger partial charge in [-0.25, -0.2) is 0 Å². The Hall–Kier alpha value is -0.130. The Labute approximate surface area is 79.8 Å². The molecule has 5 heteroatoms. The van der Waals surface area contributed by atoms with E-state index in [1.807, 2.05) is 0 Å². The molecule has 1 N–H and O–H groups in total. The predicted octanol–water partition coefficient (Wildman–Crippen LogP) is 0.495. The van der Waals surface area contributed by atoms with Crippen LogP contribution in [0.3, 0.4) is 0 Å². The molecule has 0 aromatic carbocycles. The third kappa shape index (κ3) is 5.23. The van der Waals surface area contributed by atoms with E-state index in [1.165, 1.54) is 12.8 Å². The average molecular weight is 207 g/mol. The van der Waals surface area contributed by atoms with E-state index in [0.29, 0.717) is 12.6 Å². The monoisotopic (exact) mass is 207 g/mol.